The lowest BCUT2D eigenvalue weighted by atomic mass is 10.1. The number of nitrogens with one attached hydrogen (secondary N) is 1. The fraction of sp³-hybridized carbons (Fsp3) is 0.200. The summed E-state index contributed by atoms with van der Waals surface area (Å²) in [5.41, 5.74) is 0.419. The third-order valence-electron chi connectivity index (χ3n) is 1.90. The van der Waals surface area contributed by atoms with E-state index in [4.69, 9.17) is 16.7 Å². The number of aliphatic carboxylic acids is 1. The summed E-state index contributed by atoms with van der Waals surface area (Å²) < 4.78 is 4.34. The maximum Gasteiger partial charge on any atom is 0.407 e. The summed E-state index contributed by atoms with van der Waals surface area (Å²) >= 11 is 5.67. The number of hydrogen-bond acceptors (Lipinski definition) is 3. The second-order valence-corrected chi connectivity index (χ2v) is 3.40. The van der Waals surface area contributed by atoms with Crippen LogP contribution in [0.25, 0.3) is 0 Å². The minimum absolute atomic E-state index is 0.419. The smallest absolute Gasteiger partial charge is 0.407 e. The molecule has 1 aromatic rings. The lowest BCUT2D eigenvalue weighted by molar-refractivity contribution is -0.139. The van der Waals surface area contributed by atoms with Gasteiger partial charge in [-0.05, 0) is 17.7 Å². The largest absolute Gasteiger partial charge is 0.479 e. The highest BCUT2D eigenvalue weighted by Gasteiger charge is 2.22. The fourth-order valence-electron chi connectivity index (χ4n) is 1.12. The molecule has 0 spiro atoms. The average Bonchev–Trinajstić information content (AvgIpc) is 2.26. The number of alkyl carbamates (subject to hydrolysis) is 1. The molecule has 0 saturated carbocycles. The van der Waals surface area contributed by atoms with E-state index >= 15 is 0 Å². The highest BCUT2D eigenvalue weighted by atomic mass is 35.5. The van der Waals surface area contributed by atoms with Crippen LogP contribution in [0.3, 0.4) is 0 Å². The normalized spacial score (nSPS) is 11.6. The molecule has 86 valence electrons. The second-order valence-electron chi connectivity index (χ2n) is 2.96. The molecule has 1 rings (SSSR count). The zero-order valence-electron chi connectivity index (χ0n) is 8.44. The van der Waals surface area contributed by atoms with Gasteiger partial charge in [-0.2, -0.15) is 0 Å². The number of amides is 1. The first-order valence-electron chi connectivity index (χ1n) is 4.37. The Bertz CT molecular complexity index is 390. The predicted molar refractivity (Wildman–Crippen MR) is 57.4 cm³/mol. The first-order valence-corrected chi connectivity index (χ1v) is 4.75. The predicted octanol–water partition coefficient (Wildman–Crippen LogP) is 1.82. The second kappa shape index (κ2) is 5.37. The molecule has 0 aliphatic carbocycles. The van der Waals surface area contributed by atoms with Crippen molar-refractivity contribution in [3.05, 3.63) is 34.9 Å². The summed E-state index contributed by atoms with van der Waals surface area (Å²) in [4.78, 5) is 21.9. The lowest BCUT2D eigenvalue weighted by Gasteiger charge is -2.13. The van der Waals surface area contributed by atoms with E-state index in [1.807, 2.05) is 0 Å². The van der Waals surface area contributed by atoms with Crippen LogP contribution in [0.4, 0.5) is 4.79 Å². The number of carbonyl (C=O) groups excluding carboxylic acids is 1. The molecule has 1 unspecified atom stereocenters. The summed E-state index contributed by atoms with van der Waals surface area (Å²) in [5, 5.41) is 11.6. The van der Waals surface area contributed by atoms with E-state index in [-0.39, 0.29) is 0 Å². The van der Waals surface area contributed by atoms with Crippen molar-refractivity contribution in [1.82, 2.24) is 5.32 Å². The van der Waals surface area contributed by atoms with Crippen molar-refractivity contribution in [3.63, 3.8) is 0 Å². The van der Waals surface area contributed by atoms with Gasteiger partial charge >= 0.3 is 12.1 Å². The van der Waals surface area contributed by atoms with Gasteiger partial charge in [0.2, 0.25) is 0 Å². The van der Waals surface area contributed by atoms with Gasteiger partial charge < -0.3 is 15.2 Å². The molecule has 5 nitrogen and oxygen atoms in total. The van der Waals surface area contributed by atoms with E-state index < -0.39 is 18.1 Å². The first-order chi connectivity index (χ1) is 7.54. The number of halogens is 1. The number of methoxy groups -OCH3 is 1. The molecule has 0 radical (unpaired) electrons. The van der Waals surface area contributed by atoms with Crippen LogP contribution in [0, 0.1) is 0 Å². The van der Waals surface area contributed by atoms with Gasteiger partial charge in [-0.25, -0.2) is 9.59 Å². The van der Waals surface area contributed by atoms with Crippen LogP contribution in [0.2, 0.25) is 5.02 Å². The number of benzene rings is 1. The molecule has 0 saturated heterocycles. The van der Waals surface area contributed by atoms with Crippen molar-refractivity contribution >= 4 is 23.7 Å². The quantitative estimate of drug-likeness (QED) is 0.849. The molecule has 16 heavy (non-hydrogen) atoms. The van der Waals surface area contributed by atoms with Gasteiger partial charge in [-0.15, -0.1) is 0 Å². The standard InChI is InChI=1S/C10H10ClNO4/c1-16-10(15)12-8(9(13)14)6-2-4-7(11)5-3-6/h2-5,8H,1H3,(H,12,15)(H,13,14). The summed E-state index contributed by atoms with van der Waals surface area (Å²) in [6.45, 7) is 0. The van der Waals surface area contributed by atoms with E-state index in [0.29, 0.717) is 10.6 Å². The van der Waals surface area contributed by atoms with E-state index in [1.54, 1.807) is 12.1 Å². The molecule has 0 aromatic heterocycles. The fourth-order valence-corrected chi connectivity index (χ4v) is 1.25. The van der Waals surface area contributed by atoms with Crippen LogP contribution >= 0.6 is 11.6 Å². The number of rotatable bonds is 3. The number of ether oxygens (including phenoxy) is 1. The molecule has 0 aliphatic rings. The van der Waals surface area contributed by atoms with Crippen LogP contribution in [0.15, 0.2) is 24.3 Å². The van der Waals surface area contributed by atoms with Crippen LogP contribution in [0.1, 0.15) is 11.6 Å². The van der Waals surface area contributed by atoms with Crippen LogP contribution in [-0.2, 0) is 9.53 Å². The van der Waals surface area contributed by atoms with E-state index in [0.717, 1.165) is 7.11 Å². The van der Waals surface area contributed by atoms with Crippen molar-refractivity contribution in [1.29, 1.82) is 0 Å². The van der Waals surface area contributed by atoms with Gasteiger partial charge in [0, 0.05) is 5.02 Å². The Morgan fingerprint density at radius 2 is 1.94 bits per heavy atom. The van der Waals surface area contributed by atoms with Crippen molar-refractivity contribution in [2.24, 2.45) is 0 Å². The van der Waals surface area contributed by atoms with Crippen molar-refractivity contribution in [2.45, 2.75) is 6.04 Å². The third-order valence-corrected chi connectivity index (χ3v) is 2.15. The van der Waals surface area contributed by atoms with E-state index in [1.165, 1.54) is 12.1 Å². The summed E-state index contributed by atoms with van der Waals surface area (Å²) in [6.07, 6.45) is -0.803. The van der Waals surface area contributed by atoms with Crippen LogP contribution in [0.5, 0.6) is 0 Å². The molecule has 6 heteroatoms. The maximum atomic E-state index is 10.9. The zero-order valence-corrected chi connectivity index (χ0v) is 9.19. The summed E-state index contributed by atoms with van der Waals surface area (Å²) in [7, 11) is 1.16. The van der Waals surface area contributed by atoms with Gasteiger partial charge in [0.1, 0.15) is 0 Å². The Morgan fingerprint density at radius 1 is 1.38 bits per heavy atom. The zero-order chi connectivity index (χ0) is 12.1. The van der Waals surface area contributed by atoms with Gasteiger partial charge in [0.05, 0.1) is 7.11 Å². The number of carbonyl (C=O) groups is 2. The maximum absolute atomic E-state index is 10.9. The van der Waals surface area contributed by atoms with Gasteiger partial charge in [-0.3, -0.25) is 0 Å². The van der Waals surface area contributed by atoms with Gasteiger partial charge in [0.15, 0.2) is 6.04 Å². The number of hydrogen-bond donors (Lipinski definition) is 2. The molecular weight excluding hydrogens is 234 g/mol. The molecule has 0 heterocycles. The van der Waals surface area contributed by atoms with Crippen LogP contribution in [-0.4, -0.2) is 24.3 Å². The number of carboxylic acid groups (broad SMARTS) is 1. The van der Waals surface area contributed by atoms with Crippen molar-refractivity contribution in [3.8, 4) is 0 Å². The van der Waals surface area contributed by atoms with E-state index in [9.17, 15) is 9.59 Å². The first kappa shape index (κ1) is 12.3. The highest BCUT2D eigenvalue weighted by Crippen LogP contribution is 2.16. The van der Waals surface area contributed by atoms with Gasteiger partial charge in [-0.1, -0.05) is 23.7 Å². The minimum Gasteiger partial charge on any atom is -0.479 e. The molecule has 0 aliphatic heterocycles. The Hall–Kier alpha value is -1.75. The Kier molecular flexibility index (Phi) is 4.13. The summed E-state index contributed by atoms with van der Waals surface area (Å²) in [5.74, 6) is -1.17. The molecule has 1 aromatic carbocycles. The van der Waals surface area contributed by atoms with E-state index in [2.05, 4.69) is 10.1 Å². The SMILES string of the molecule is COC(=O)NC(C(=O)O)c1ccc(Cl)cc1. The molecule has 1 atom stereocenters. The highest BCUT2D eigenvalue weighted by molar-refractivity contribution is 6.30. The molecular formula is C10H10ClNO4. The van der Waals surface area contributed by atoms with Crippen molar-refractivity contribution in [2.75, 3.05) is 7.11 Å². The Labute approximate surface area is 97.0 Å². The number of carboxylic acids is 1. The van der Waals surface area contributed by atoms with Gasteiger partial charge in [0.25, 0.3) is 0 Å². The monoisotopic (exact) mass is 243 g/mol. The molecule has 0 fully saturated rings. The molecule has 2 N–H and O–H groups in total. The van der Waals surface area contributed by atoms with Crippen molar-refractivity contribution < 1.29 is 19.4 Å². The topological polar surface area (TPSA) is 75.6 Å². The average molecular weight is 244 g/mol. The summed E-state index contributed by atoms with van der Waals surface area (Å²) in [6, 6.07) is 5.00. The minimum atomic E-state index is -1.17. The Morgan fingerprint density at radius 3 is 2.38 bits per heavy atom. The molecule has 0 bridgehead atoms. The van der Waals surface area contributed by atoms with Crippen LogP contribution < -0.4 is 5.32 Å². The Balaban J connectivity index is 2.89. The third kappa shape index (κ3) is 3.13. The molecule has 1 amide bonds. The lowest BCUT2D eigenvalue weighted by Crippen LogP contribution is -2.33.